The van der Waals surface area contributed by atoms with Crippen molar-refractivity contribution in [3.05, 3.63) is 4.91 Å². The molecule has 0 aliphatic heterocycles. The van der Waals surface area contributed by atoms with Gasteiger partial charge in [0.15, 0.2) is 0 Å². The Morgan fingerprint density at radius 1 is 1.17 bits per heavy atom. The van der Waals surface area contributed by atoms with E-state index in [4.69, 9.17) is 0 Å². The normalized spacial score (nSPS) is 10.3. The van der Waals surface area contributed by atoms with Crippen LogP contribution >= 0.6 is 0 Å². The summed E-state index contributed by atoms with van der Waals surface area (Å²) in [6.07, 6.45) is 1.00. The molecule has 72 valence electrons. The zero-order valence-corrected chi connectivity index (χ0v) is 8.29. The zero-order valence-electron chi connectivity index (χ0n) is 8.29. The van der Waals surface area contributed by atoms with Crippen LogP contribution in [0.5, 0.6) is 0 Å². The van der Waals surface area contributed by atoms with E-state index in [-0.39, 0.29) is 0 Å². The third kappa shape index (κ3) is 5.07. The van der Waals surface area contributed by atoms with Gasteiger partial charge in [-0.1, -0.05) is 13.8 Å². The Morgan fingerprint density at radius 2 is 1.75 bits per heavy atom. The fraction of sp³-hybridized carbons (Fsp3) is 1.00. The summed E-state index contributed by atoms with van der Waals surface area (Å²) in [5, 5.41) is 4.24. The maximum atomic E-state index is 9.98. The number of hydrogen-bond donors (Lipinski definition) is 0. The maximum Gasteiger partial charge on any atom is 0.0521 e. The van der Waals surface area contributed by atoms with Gasteiger partial charge in [-0.2, -0.15) is 0 Å². The second-order valence-corrected chi connectivity index (χ2v) is 2.84. The van der Waals surface area contributed by atoms with Gasteiger partial charge in [-0.15, -0.1) is 4.91 Å². The molecule has 0 aliphatic carbocycles. The minimum Gasteiger partial charge on any atom is -0.304 e. The van der Waals surface area contributed by atoms with Crippen LogP contribution in [0.2, 0.25) is 0 Å². The monoisotopic (exact) mass is 173 g/mol. The van der Waals surface area contributed by atoms with E-state index in [1.807, 2.05) is 0 Å². The van der Waals surface area contributed by atoms with Gasteiger partial charge in [-0.3, -0.25) is 5.01 Å². The molecule has 0 spiro atoms. The summed E-state index contributed by atoms with van der Waals surface area (Å²) in [4.78, 5) is 12.3. The summed E-state index contributed by atoms with van der Waals surface area (Å²) in [5.41, 5.74) is 0. The topological polar surface area (TPSA) is 35.9 Å². The van der Waals surface area contributed by atoms with E-state index >= 15 is 0 Å². The quantitative estimate of drug-likeness (QED) is 0.430. The van der Waals surface area contributed by atoms with Crippen LogP contribution in [0.1, 0.15) is 20.3 Å². The van der Waals surface area contributed by atoms with Crippen molar-refractivity contribution < 1.29 is 0 Å². The highest BCUT2D eigenvalue weighted by Gasteiger charge is 1.99. The first-order valence-corrected chi connectivity index (χ1v) is 4.51. The lowest BCUT2D eigenvalue weighted by Crippen LogP contribution is -2.26. The Hall–Kier alpha value is -0.640. The molecule has 0 saturated heterocycles. The molecule has 0 bridgehead atoms. The Balaban J connectivity index is 3.34. The van der Waals surface area contributed by atoms with Gasteiger partial charge < -0.3 is 4.90 Å². The van der Waals surface area contributed by atoms with Gasteiger partial charge in [0.05, 0.1) is 5.29 Å². The van der Waals surface area contributed by atoms with Crippen molar-refractivity contribution in [3.63, 3.8) is 0 Å². The Kier molecular flexibility index (Phi) is 6.66. The highest BCUT2D eigenvalue weighted by atomic mass is 16.3. The lowest BCUT2D eigenvalue weighted by molar-refractivity contribution is 0.266. The van der Waals surface area contributed by atoms with Gasteiger partial charge in [0, 0.05) is 13.6 Å². The summed E-state index contributed by atoms with van der Waals surface area (Å²) in [5.74, 6) is 0. The Labute approximate surface area is 74.5 Å². The third-order valence-corrected chi connectivity index (χ3v) is 1.99. The van der Waals surface area contributed by atoms with Crippen LogP contribution in [0.4, 0.5) is 0 Å². The highest BCUT2D eigenvalue weighted by Crippen LogP contribution is 1.92. The molecule has 0 N–H and O–H groups in total. The third-order valence-electron chi connectivity index (χ3n) is 1.99. The second-order valence-electron chi connectivity index (χ2n) is 2.84. The molecule has 0 aromatic rings. The molecule has 0 amide bonds. The van der Waals surface area contributed by atoms with Crippen molar-refractivity contribution in [2.24, 2.45) is 5.29 Å². The van der Waals surface area contributed by atoms with Gasteiger partial charge in [0.2, 0.25) is 0 Å². The van der Waals surface area contributed by atoms with E-state index in [2.05, 4.69) is 24.0 Å². The van der Waals surface area contributed by atoms with Crippen molar-refractivity contribution in [2.45, 2.75) is 20.3 Å². The SMILES string of the molecule is CCN(CC)CCCN(C)N=O. The number of nitrogens with zero attached hydrogens (tertiary/aromatic N) is 3. The average molecular weight is 173 g/mol. The van der Waals surface area contributed by atoms with Gasteiger partial charge in [-0.25, -0.2) is 0 Å². The lowest BCUT2D eigenvalue weighted by Gasteiger charge is -2.18. The molecule has 0 aromatic carbocycles. The molecule has 0 heterocycles. The molecule has 0 fully saturated rings. The summed E-state index contributed by atoms with van der Waals surface area (Å²) < 4.78 is 0. The average Bonchev–Trinajstić information content (AvgIpc) is 2.12. The van der Waals surface area contributed by atoms with Crippen molar-refractivity contribution >= 4 is 0 Å². The molecule has 0 aromatic heterocycles. The van der Waals surface area contributed by atoms with E-state index < -0.39 is 0 Å². The van der Waals surface area contributed by atoms with Gasteiger partial charge in [0.25, 0.3) is 0 Å². The molecule has 4 nitrogen and oxygen atoms in total. The van der Waals surface area contributed by atoms with Crippen molar-refractivity contribution in [1.82, 2.24) is 9.91 Å². The number of hydrogen-bond acceptors (Lipinski definition) is 3. The Morgan fingerprint density at radius 3 is 2.17 bits per heavy atom. The molecule has 0 rings (SSSR count). The molecule has 0 atom stereocenters. The van der Waals surface area contributed by atoms with Crippen LogP contribution < -0.4 is 0 Å². The minimum atomic E-state index is 0.750. The molecule has 0 saturated carbocycles. The van der Waals surface area contributed by atoms with Crippen molar-refractivity contribution in [1.29, 1.82) is 0 Å². The van der Waals surface area contributed by atoms with E-state index in [0.29, 0.717) is 0 Å². The first-order valence-electron chi connectivity index (χ1n) is 4.51. The molecule has 12 heavy (non-hydrogen) atoms. The van der Waals surface area contributed by atoms with Crippen LogP contribution in [0.15, 0.2) is 5.29 Å². The molecular weight excluding hydrogens is 154 g/mol. The predicted molar refractivity (Wildman–Crippen MR) is 50.8 cm³/mol. The van der Waals surface area contributed by atoms with Crippen LogP contribution in [-0.2, 0) is 0 Å². The molecule has 4 heteroatoms. The fourth-order valence-corrected chi connectivity index (χ4v) is 1.10. The van der Waals surface area contributed by atoms with Crippen LogP contribution in [0, 0.1) is 4.91 Å². The van der Waals surface area contributed by atoms with E-state index in [1.165, 1.54) is 5.01 Å². The van der Waals surface area contributed by atoms with Gasteiger partial charge >= 0.3 is 0 Å². The van der Waals surface area contributed by atoms with Crippen LogP contribution in [0.25, 0.3) is 0 Å². The van der Waals surface area contributed by atoms with Gasteiger partial charge in [-0.05, 0) is 26.1 Å². The molecule has 0 radical (unpaired) electrons. The summed E-state index contributed by atoms with van der Waals surface area (Å²) in [6.45, 7) is 8.24. The molecule has 0 aliphatic rings. The highest BCUT2D eigenvalue weighted by molar-refractivity contribution is 4.53. The van der Waals surface area contributed by atoms with E-state index in [1.54, 1.807) is 7.05 Å². The summed E-state index contributed by atoms with van der Waals surface area (Å²) in [6, 6.07) is 0. The van der Waals surface area contributed by atoms with Crippen molar-refractivity contribution in [3.8, 4) is 0 Å². The molecular formula is C8H19N3O. The second kappa shape index (κ2) is 7.03. The minimum absolute atomic E-state index is 0.750. The standard InChI is InChI=1S/C8H19N3O/c1-4-11(5-2)8-6-7-10(3)9-12/h4-8H2,1-3H3. The summed E-state index contributed by atoms with van der Waals surface area (Å²) in [7, 11) is 1.70. The maximum absolute atomic E-state index is 9.98. The fourth-order valence-electron chi connectivity index (χ4n) is 1.10. The smallest absolute Gasteiger partial charge is 0.0521 e. The first kappa shape index (κ1) is 11.4. The molecule has 0 unspecified atom stereocenters. The number of nitroso groups, excluding NO2 is 1. The van der Waals surface area contributed by atoms with E-state index in [0.717, 1.165) is 32.6 Å². The van der Waals surface area contributed by atoms with E-state index in [9.17, 15) is 4.91 Å². The lowest BCUT2D eigenvalue weighted by atomic mass is 10.3. The number of rotatable bonds is 7. The largest absolute Gasteiger partial charge is 0.304 e. The Bertz CT molecular complexity index is 115. The summed E-state index contributed by atoms with van der Waals surface area (Å²) >= 11 is 0. The van der Waals surface area contributed by atoms with Crippen LogP contribution in [0.3, 0.4) is 0 Å². The predicted octanol–water partition coefficient (Wildman–Crippen LogP) is 1.33. The zero-order chi connectivity index (χ0) is 9.40. The first-order chi connectivity index (χ1) is 5.74. The van der Waals surface area contributed by atoms with Crippen molar-refractivity contribution in [2.75, 3.05) is 33.2 Å². The van der Waals surface area contributed by atoms with Gasteiger partial charge in [0.1, 0.15) is 0 Å². The van der Waals surface area contributed by atoms with Crippen LogP contribution in [-0.4, -0.2) is 43.1 Å².